The van der Waals surface area contributed by atoms with Crippen LogP contribution < -0.4 is 11.1 Å². The number of carbonyl (C=O) groups excluding carboxylic acids is 1. The fourth-order valence-electron chi connectivity index (χ4n) is 3.75. The van der Waals surface area contributed by atoms with Crippen LogP contribution in [0.1, 0.15) is 30.9 Å². The average molecular weight is 400 g/mol. The summed E-state index contributed by atoms with van der Waals surface area (Å²) in [5, 5.41) is 16.9. The van der Waals surface area contributed by atoms with Crippen LogP contribution in [-0.2, 0) is 4.74 Å². The van der Waals surface area contributed by atoms with E-state index in [1.807, 2.05) is 25.1 Å². The number of nitriles is 1. The lowest BCUT2D eigenvalue weighted by Crippen LogP contribution is -2.42. The van der Waals surface area contributed by atoms with Gasteiger partial charge in [-0.2, -0.15) is 10.4 Å². The third-order valence-electron chi connectivity index (χ3n) is 5.45. The van der Waals surface area contributed by atoms with Gasteiger partial charge in [0.25, 0.3) is 0 Å². The Bertz CT molecular complexity index is 1200. The highest BCUT2D eigenvalue weighted by Crippen LogP contribution is 2.35. The van der Waals surface area contributed by atoms with Crippen molar-refractivity contribution < 1.29 is 9.53 Å². The van der Waals surface area contributed by atoms with Crippen LogP contribution in [0, 0.1) is 29.6 Å². The monoisotopic (exact) mass is 400 g/mol. The second kappa shape index (κ2) is 7.76. The molecule has 8 nitrogen and oxygen atoms in total. The van der Waals surface area contributed by atoms with E-state index in [0.717, 1.165) is 35.4 Å². The van der Waals surface area contributed by atoms with Gasteiger partial charge in [-0.25, -0.2) is 9.31 Å². The molecule has 1 aliphatic carbocycles. The minimum atomic E-state index is -0.748. The Morgan fingerprint density at radius 1 is 1.40 bits per heavy atom. The van der Waals surface area contributed by atoms with Gasteiger partial charge in [-0.3, -0.25) is 4.98 Å². The average Bonchev–Trinajstić information content (AvgIpc) is 3.12. The first-order chi connectivity index (χ1) is 14.5. The van der Waals surface area contributed by atoms with E-state index in [9.17, 15) is 4.79 Å². The van der Waals surface area contributed by atoms with E-state index < -0.39 is 6.09 Å². The number of nitrogens with one attached hydrogen (secondary N) is 1. The molecule has 1 atom stereocenters. The lowest BCUT2D eigenvalue weighted by Gasteiger charge is -2.39. The number of terminal acetylenes is 1. The van der Waals surface area contributed by atoms with E-state index >= 15 is 0 Å². The van der Waals surface area contributed by atoms with E-state index in [2.05, 4.69) is 27.4 Å². The van der Waals surface area contributed by atoms with Gasteiger partial charge in [-0.1, -0.05) is 5.92 Å². The Kier molecular flexibility index (Phi) is 4.99. The van der Waals surface area contributed by atoms with Gasteiger partial charge in [0.2, 0.25) is 0 Å². The van der Waals surface area contributed by atoms with Crippen molar-refractivity contribution in [2.24, 2.45) is 11.7 Å². The van der Waals surface area contributed by atoms with Crippen molar-refractivity contribution in [3.63, 3.8) is 0 Å². The number of hydrogen-bond donors (Lipinski definition) is 2. The molecule has 0 aliphatic heterocycles. The Balaban J connectivity index is 1.55. The van der Waals surface area contributed by atoms with Crippen molar-refractivity contribution in [2.75, 3.05) is 5.32 Å². The van der Waals surface area contributed by atoms with Crippen molar-refractivity contribution in [1.29, 1.82) is 5.26 Å². The second-order valence-electron chi connectivity index (χ2n) is 7.39. The van der Waals surface area contributed by atoms with E-state index in [1.54, 1.807) is 16.8 Å². The van der Waals surface area contributed by atoms with Crippen LogP contribution in [0.5, 0.6) is 0 Å². The number of anilines is 1. The van der Waals surface area contributed by atoms with Gasteiger partial charge in [-0.05, 0) is 49.9 Å². The lowest BCUT2D eigenvalue weighted by molar-refractivity contribution is 0.0452. The molecular formula is C22H20N6O2. The summed E-state index contributed by atoms with van der Waals surface area (Å²) in [7, 11) is 0. The molecule has 3 heterocycles. The first kappa shape index (κ1) is 19.3. The quantitative estimate of drug-likeness (QED) is 0.636. The highest BCUT2D eigenvalue weighted by atomic mass is 16.6. The summed E-state index contributed by atoms with van der Waals surface area (Å²) >= 11 is 0. The van der Waals surface area contributed by atoms with Crippen LogP contribution in [0.25, 0.3) is 16.9 Å². The maximum absolute atomic E-state index is 10.9. The highest BCUT2D eigenvalue weighted by molar-refractivity contribution is 5.70. The number of amides is 1. The molecule has 3 aromatic rings. The molecule has 150 valence electrons. The Hall–Kier alpha value is -4.04. The van der Waals surface area contributed by atoms with E-state index in [4.69, 9.17) is 22.2 Å². The minimum Gasteiger partial charge on any atom is -0.446 e. The fourth-order valence-corrected chi connectivity index (χ4v) is 3.75. The summed E-state index contributed by atoms with van der Waals surface area (Å²) in [5.41, 5.74) is 9.41. The van der Waals surface area contributed by atoms with Gasteiger partial charge in [-0.15, -0.1) is 6.42 Å². The van der Waals surface area contributed by atoms with Crippen molar-refractivity contribution in [3.8, 4) is 29.8 Å². The Labute approximate surface area is 173 Å². The van der Waals surface area contributed by atoms with Crippen LogP contribution in [0.3, 0.4) is 0 Å². The molecule has 8 heteroatoms. The summed E-state index contributed by atoms with van der Waals surface area (Å²) in [6, 6.07) is 9.80. The van der Waals surface area contributed by atoms with Gasteiger partial charge in [0.15, 0.2) is 0 Å². The van der Waals surface area contributed by atoms with Crippen molar-refractivity contribution >= 4 is 17.3 Å². The Morgan fingerprint density at radius 3 is 2.90 bits per heavy atom. The normalized spacial score (nSPS) is 18.6. The highest BCUT2D eigenvalue weighted by Gasteiger charge is 2.35. The third-order valence-corrected chi connectivity index (χ3v) is 5.45. The lowest BCUT2D eigenvalue weighted by atomic mass is 9.77. The molecule has 1 saturated carbocycles. The van der Waals surface area contributed by atoms with Crippen LogP contribution in [0.15, 0.2) is 36.7 Å². The topological polar surface area (TPSA) is 118 Å². The van der Waals surface area contributed by atoms with E-state index in [-0.39, 0.29) is 18.1 Å². The maximum atomic E-state index is 10.9. The van der Waals surface area contributed by atoms with Gasteiger partial charge in [0.05, 0.1) is 39.9 Å². The molecule has 0 radical (unpaired) electrons. The fraction of sp³-hybridized carbons (Fsp3) is 0.273. The molecule has 0 spiro atoms. The molecule has 3 N–H and O–H groups in total. The van der Waals surface area contributed by atoms with Gasteiger partial charge in [0.1, 0.15) is 12.2 Å². The molecule has 1 amide bonds. The zero-order valence-corrected chi connectivity index (χ0v) is 16.4. The molecule has 0 aromatic carbocycles. The number of rotatable bonds is 5. The number of nitrogens with two attached hydrogens (primary N) is 1. The zero-order valence-electron chi connectivity index (χ0n) is 16.4. The van der Waals surface area contributed by atoms with Crippen molar-refractivity contribution in [2.45, 2.75) is 31.9 Å². The van der Waals surface area contributed by atoms with Crippen LogP contribution in [0.4, 0.5) is 10.5 Å². The number of hydrogen-bond acceptors (Lipinski definition) is 6. The zero-order chi connectivity index (χ0) is 21.3. The Morgan fingerprint density at radius 2 is 2.20 bits per heavy atom. The summed E-state index contributed by atoms with van der Waals surface area (Å²) in [6.45, 7) is 1.85. The number of aromatic nitrogens is 3. The third kappa shape index (κ3) is 3.63. The van der Waals surface area contributed by atoms with Crippen LogP contribution in [0.2, 0.25) is 0 Å². The SMILES string of the molecule is C#Cc1cnc(-c2ccc3cc(C#N)cnn23)cc1NC1CC(C(C)OC(N)=O)C1. The number of ether oxygens (including phenoxy) is 1. The van der Waals surface area contributed by atoms with Gasteiger partial charge >= 0.3 is 6.09 Å². The molecule has 30 heavy (non-hydrogen) atoms. The summed E-state index contributed by atoms with van der Waals surface area (Å²) in [5.74, 6) is 2.93. The smallest absolute Gasteiger partial charge is 0.404 e. The summed E-state index contributed by atoms with van der Waals surface area (Å²) in [4.78, 5) is 15.4. The predicted molar refractivity (Wildman–Crippen MR) is 111 cm³/mol. The number of fused-ring (bicyclic) bond motifs is 1. The summed E-state index contributed by atoms with van der Waals surface area (Å²) < 4.78 is 6.80. The molecule has 4 rings (SSSR count). The molecule has 0 bridgehead atoms. The second-order valence-corrected chi connectivity index (χ2v) is 7.39. The van der Waals surface area contributed by atoms with Crippen molar-refractivity contribution in [1.82, 2.24) is 14.6 Å². The number of pyridine rings is 1. The molecule has 1 unspecified atom stereocenters. The van der Waals surface area contributed by atoms with Crippen LogP contribution >= 0.6 is 0 Å². The molecular weight excluding hydrogens is 380 g/mol. The largest absolute Gasteiger partial charge is 0.446 e. The van der Waals surface area contributed by atoms with E-state index in [0.29, 0.717) is 11.1 Å². The standard InChI is InChI=1S/C22H20N6O2/c1-3-15-12-25-20(21-5-4-18-6-14(10-23)11-26-28(18)21)9-19(15)27-17-7-16(8-17)13(2)30-22(24)29/h1,4-6,9,11-13,16-17H,7-8H2,2H3,(H2,24,29)(H,25,27). The molecule has 1 fully saturated rings. The van der Waals surface area contributed by atoms with Crippen molar-refractivity contribution in [3.05, 3.63) is 47.8 Å². The maximum Gasteiger partial charge on any atom is 0.404 e. The molecule has 1 aliphatic rings. The number of nitrogens with zero attached hydrogens (tertiary/aromatic N) is 4. The molecule has 0 saturated heterocycles. The number of carbonyl (C=O) groups is 1. The number of primary amides is 1. The first-order valence-corrected chi connectivity index (χ1v) is 9.56. The van der Waals surface area contributed by atoms with Gasteiger partial charge in [0, 0.05) is 12.2 Å². The minimum absolute atomic E-state index is 0.211. The predicted octanol–water partition coefficient (Wildman–Crippen LogP) is 2.92. The summed E-state index contributed by atoms with van der Waals surface area (Å²) in [6.07, 6.45) is 9.58. The molecule has 3 aromatic heterocycles. The van der Waals surface area contributed by atoms with Gasteiger partial charge < -0.3 is 15.8 Å². The van der Waals surface area contributed by atoms with E-state index in [1.165, 1.54) is 6.20 Å². The first-order valence-electron chi connectivity index (χ1n) is 9.56. The van der Waals surface area contributed by atoms with Crippen LogP contribution in [-0.4, -0.2) is 32.8 Å².